The summed E-state index contributed by atoms with van der Waals surface area (Å²) in [4.78, 5) is 21.3. The molecule has 0 spiro atoms. The molecule has 8 heteroatoms. The van der Waals surface area contributed by atoms with Crippen molar-refractivity contribution in [1.29, 1.82) is 0 Å². The SMILES string of the molecule is CC(C)COC(=O)NCCNC(=O)C(F)(F)F. The van der Waals surface area contributed by atoms with Gasteiger partial charge >= 0.3 is 18.2 Å². The van der Waals surface area contributed by atoms with Crippen LogP contribution in [-0.2, 0) is 9.53 Å². The fraction of sp³-hybridized carbons (Fsp3) is 0.778. The zero-order valence-electron chi connectivity index (χ0n) is 9.56. The fourth-order valence-electron chi connectivity index (χ4n) is 0.734. The first-order valence-electron chi connectivity index (χ1n) is 4.99. The quantitative estimate of drug-likeness (QED) is 0.722. The molecular weight excluding hydrogens is 241 g/mol. The highest BCUT2D eigenvalue weighted by atomic mass is 19.4. The van der Waals surface area contributed by atoms with Crippen LogP contribution in [0.1, 0.15) is 13.8 Å². The number of alkyl halides is 3. The zero-order valence-corrected chi connectivity index (χ0v) is 9.56. The van der Waals surface area contributed by atoms with Crippen molar-refractivity contribution < 1.29 is 27.5 Å². The largest absolute Gasteiger partial charge is 0.471 e. The molecule has 0 aliphatic heterocycles. The zero-order chi connectivity index (χ0) is 13.5. The van der Waals surface area contributed by atoms with Gasteiger partial charge in [-0.2, -0.15) is 13.2 Å². The molecule has 0 aliphatic carbocycles. The maximum Gasteiger partial charge on any atom is 0.471 e. The van der Waals surface area contributed by atoms with Gasteiger partial charge in [0.05, 0.1) is 6.61 Å². The van der Waals surface area contributed by atoms with Crippen molar-refractivity contribution in [3.8, 4) is 0 Å². The number of carbonyl (C=O) groups is 2. The van der Waals surface area contributed by atoms with E-state index in [1.807, 2.05) is 13.8 Å². The molecule has 0 aromatic heterocycles. The number of amides is 2. The van der Waals surface area contributed by atoms with Crippen molar-refractivity contribution >= 4 is 12.0 Å². The highest BCUT2D eigenvalue weighted by molar-refractivity contribution is 5.81. The van der Waals surface area contributed by atoms with Crippen LogP contribution in [0, 0.1) is 5.92 Å². The van der Waals surface area contributed by atoms with Gasteiger partial charge in [0, 0.05) is 13.1 Å². The van der Waals surface area contributed by atoms with E-state index in [2.05, 4.69) is 5.32 Å². The van der Waals surface area contributed by atoms with E-state index in [0.717, 1.165) is 0 Å². The first-order valence-corrected chi connectivity index (χ1v) is 4.99. The molecule has 0 saturated carbocycles. The normalized spacial score (nSPS) is 11.2. The number of ether oxygens (including phenoxy) is 1. The lowest BCUT2D eigenvalue weighted by molar-refractivity contribution is -0.173. The molecule has 2 N–H and O–H groups in total. The van der Waals surface area contributed by atoms with Crippen LogP contribution >= 0.6 is 0 Å². The third kappa shape index (κ3) is 8.35. The molecule has 0 radical (unpaired) electrons. The Balaban J connectivity index is 3.58. The summed E-state index contributed by atoms with van der Waals surface area (Å²) < 4.78 is 39.9. The summed E-state index contributed by atoms with van der Waals surface area (Å²) in [6.45, 7) is 3.47. The van der Waals surface area contributed by atoms with E-state index < -0.39 is 18.2 Å². The molecular formula is C9H15F3N2O3. The van der Waals surface area contributed by atoms with Crippen molar-refractivity contribution in [3.63, 3.8) is 0 Å². The summed E-state index contributed by atoms with van der Waals surface area (Å²) in [5, 5.41) is 3.81. The molecule has 2 amide bonds. The van der Waals surface area contributed by atoms with Crippen LogP contribution in [-0.4, -0.2) is 37.9 Å². The Morgan fingerprint density at radius 3 is 2.18 bits per heavy atom. The lowest BCUT2D eigenvalue weighted by Crippen LogP contribution is -2.41. The van der Waals surface area contributed by atoms with Crippen molar-refractivity contribution in [3.05, 3.63) is 0 Å². The van der Waals surface area contributed by atoms with E-state index in [0.29, 0.717) is 0 Å². The van der Waals surface area contributed by atoms with Gasteiger partial charge in [0.25, 0.3) is 0 Å². The van der Waals surface area contributed by atoms with Gasteiger partial charge in [0.1, 0.15) is 0 Å². The Labute approximate surface area is 96.7 Å². The van der Waals surface area contributed by atoms with Gasteiger partial charge in [-0.25, -0.2) is 4.79 Å². The number of nitrogens with one attached hydrogen (secondary N) is 2. The minimum atomic E-state index is -4.90. The Morgan fingerprint density at radius 2 is 1.71 bits per heavy atom. The van der Waals surface area contributed by atoms with E-state index in [4.69, 9.17) is 4.74 Å². The second-order valence-electron chi connectivity index (χ2n) is 3.67. The van der Waals surface area contributed by atoms with Crippen LogP contribution < -0.4 is 10.6 Å². The number of hydrogen-bond acceptors (Lipinski definition) is 3. The molecule has 0 aliphatic rings. The average molecular weight is 256 g/mol. The monoisotopic (exact) mass is 256 g/mol. The van der Waals surface area contributed by atoms with E-state index in [9.17, 15) is 22.8 Å². The molecule has 0 aromatic rings. The van der Waals surface area contributed by atoms with Crippen molar-refractivity contribution in [2.75, 3.05) is 19.7 Å². The van der Waals surface area contributed by atoms with Gasteiger partial charge in [-0.3, -0.25) is 4.79 Å². The Kier molecular flexibility index (Phi) is 6.37. The minimum Gasteiger partial charge on any atom is -0.449 e. The summed E-state index contributed by atoms with van der Waals surface area (Å²) in [5.74, 6) is -1.86. The van der Waals surface area contributed by atoms with Gasteiger partial charge in [0.2, 0.25) is 0 Å². The number of rotatable bonds is 5. The van der Waals surface area contributed by atoms with Gasteiger partial charge in [-0.05, 0) is 5.92 Å². The highest BCUT2D eigenvalue weighted by Crippen LogP contribution is 2.13. The third-order valence-corrected chi connectivity index (χ3v) is 1.49. The number of carbonyl (C=O) groups excluding carboxylic acids is 2. The van der Waals surface area contributed by atoms with Crippen molar-refractivity contribution in [1.82, 2.24) is 10.6 Å². The van der Waals surface area contributed by atoms with Gasteiger partial charge < -0.3 is 15.4 Å². The molecule has 0 atom stereocenters. The molecule has 100 valence electrons. The van der Waals surface area contributed by atoms with Gasteiger partial charge in [-0.1, -0.05) is 13.8 Å². The maximum absolute atomic E-state index is 11.7. The van der Waals surface area contributed by atoms with E-state index in [1.165, 1.54) is 0 Å². The summed E-state index contributed by atoms with van der Waals surface area (Å²) in [6, 6.07) is 0. The molecule has 0 saturated heterocycles. The van der Waals surface area contributed by atoms with E-state index >= 15 is 0 Å². The van der Waals surface area contributed by atoms with Gasteiger partial charge in [-0.15, -0.1) is 0 Å². The predicted molar refractivity (Wildman–Crippen MR) is 53.3 cm³/mol. The topological polar surface area (TPSA) is 67.4 Å². The fourth-order valence-corrected chi connectivity index (χ4v) is 0.734. The smallest absolute Gasteiger partial charge is 0.449 e. The lowest BCUT2D eigenvalue weighted by Gasteiger charge is -2.10. The Bertz CT molecular complexity index is 267. The molecule has 0 bridgehead atoms. The Hall–Kier alpha value is -1.47. The predicted octanol–water partition coefficient (Wildman–Crippen LogP) is 1.05. The summed E-state index contributed by atoms with van der Waals surface area (Å²) in [6.07, 6.45) is -5.63. The average Bonchev–Trinajstić information content (AvgIpc) is 2.19. The molecule has 0 fully saturated rings. The number of halogens is 3. The summed E-state index contributed by atoms with van der Waals surface area (Å²) in [5.41, 5.74) is 0. The molecule has 0 unspecified atom stereocenters. The van der Waals surface area contributed by atoms with Crippen LogP contribution in [0.4, 0.5) is 18.0 Å². The Morgan fingerprint density at radius 1 is 1.18 bits per heavy atom. The van der Waals surface area contributed by atoms with E-state index in [-0.39, 0.29) is 25.6 Å². The van der Waals surface area contributed by atoms with E-state index in [1.54, 1.807) is 5.32 Å². The second-order valence-corrected chi connectivity index (χ2v) is 3.67. The summed E-state index contributed by atoms with van der Waals surface area (Å²) >= 11 is 0. The van der Waals surface area contributed by atoms with Gasteiger partial charge in [0.15, 0.2) is 0 Å². The van der Waals surface area contributed by atoms with Crippen LogP contribution in [0.25, 0.3) is 0 Å². The van der Waals surface area contributed by atoms with Crippen molar-refractivity contribution in [2.24, 2.45) is 5.92 Å². The first kappa shape index (κ1) is 15.5. The molecule has 0 rings (SSSR count). The number of hydrogen-bond donors (Lipinski definition) is 2. The standard InChI is InChI=1S/C9H15F3N2O3/c1-6(2)5-17-8(16)14-4-3-13-7(15)9(10,11)12/h6H,3-5H2,1-2H3,(H,13,15)(H,14,16). The maximum atomic E-state index is 11.7. The molecule has 17 heavy (non-hydrogen) atoms. The molecule has 5 nitrogen and oxygen atoms in total. The van der Waals surface area contributed by atoms with Crippen LogP contribution in [0.15, 0.2) is 0 Å². The first-order chi connectivity index (χ1) is 7.73. The number of alkyl carbamates (subject to hydrolysis) is 1. The van der Waals surface area contributed by atoms with Crippen LogP contribution in [0.2, 0.25) is 0 Å². The molecule has 0 aromatic carbocycles. The van der Waals surface area contributed by atoms with Crippen LogP contribution in [0.3, 0.4) is 0 Å². The second kappa shape index (κ2) is 6.97. The highest BCUT2D eigenvalue weighted by Gasteiger charge is 2.38. The minimum absolute atomic E-state index is 0.126. The third-order valence-electron chi connectivity index (χ3n) is 1.49. The van der Waals surface area contributed by atoms with Crippen LogP contribution in [0.5, 0.6) is 0 Å². The summed E-state index contributed by atoms with van der Waals surface area (Å²) in [7, 11) is 0. The van der Waals surface area contributed by atoms with Crippen molar-refractivity contribution in [2.45, 2.75) is 20.0 Å². The lowest BCUT2D eigenvalue weighted by atomic mass is 10.2. The molecule has 0 heterocycles.